The summed E-state index contributed by atoms with van der Waals surface area (Å²) in [5.74, 6) is -1.90. The maximum atomic E-state index is 13.8. The van der Waals surface area contributed by atoms with Crippen LogP contribution >= 0.6 is 0 Å². The average molecular weight is 2070 g/mol. The Labute approximate surface area is 860 Å². The van der Waals surface area contributed by atoms with Crippen molar-refractivity contribution in [3.05, 3.63) is 314 Å². The lowest BCUT2D eigenvalue weighted by Crippen LogP contribution is -2.54. The molecule has 9 aromatic rings. The van der Waals surface area contributed by atoms with Crippen LogP contribution in [0.5, 0.6) is 0 Å². The Bertz CT molecular complexity index is 5990. The second-order valence-electron chi connectivity index (χ2n) is 40.6. The number of morpholine rings is 2. The summed E-state index contributed by atoms with van der Waals surface area (Å²) < 4.78 is 167. The zero-order chi connectivity index (χ0) is 106. The van der Waals surface area contributed by atoms with Gasteiger partial charge in [0.2, 0.25) is 23.6 Å². The Balaban J connectivity index is 0.000000157. The van der Waals surface area contributed by atoms with Crippen molar-refractivity contribution in [3.8, 4) is 0 Å². The normalized spacial score (nSPS) is 20.5. The van der Waals surface area contributed by atoms with E-state index in [2.05, 4.69) is 39.2 Å². The first kappa shape index (κ1) is 112. The van der Waals surface area contributed by atoms with E-state index in [1.165, 1.54) is 108 Å². The molecule has 33 heteroatoms. The number of ether oxygens (including phenoxy) is 2. The number of nitrogens with one attached hydrogen (secondary N) is 4. The molecule has 17 rings (SSSR count). The standard InChI is InChI=1S/C32H34F2N2O2.C29H35F4N3O2.C28H30F4N2O4.C27H30F2N2O4/c1-32(21-27(32)22-11-15-25(33)16-12-22)19-5-4-9-28(35-30(37)24-13-17-26(34)18-14-24)31(38)36-20-6-8-23-7-2-3-10-29(23)36;1-35-15-17-36(18-16-35)28(38)26(34-27(37)21-7-11-23(12-8-21)29(31,32)33)6-4-2-3-5-22-19-25(22)20-9-13-24(30)14-10-20;29-22-10-6-18(7-11-22)24-17-20(24)16-23(35)2-1-3-25(27(37)34-12-14-38-15-13-34)33-26(36)19-4-8-21(9-5-19)28(30,31)32;28-21-8-4-18(5-9-21)24-17-20(24)16-23(32)2-1-3-25(27(34)31-12-14-35-15-13-31)30-26(33)19-6-10-22(29)11-7-19/h2-3,7,10-18,27-28H,4-6,8-9,19-21H2,1H3,(H,35,37);7-14,22,25-26H,2-6,15-19H2,1H3,(H,34,37);4-11,20,24-25H,1-3,12-17H2,(H,33,36);4-11,20,24-25H,1-3,12-17H2,(H,30,33)/t27-,28-,32?;22?,25-,26-;2*20?,24-,25-/m0000/s1. The fraction of sp³-hybridized carbons (Fsp3) is 0.448. The number of benzene rings is 9. The van der Waals surface area contributed by atoms with Crippen molar-refractivity contribution in [2.75, 3.05) is 97.3 Å². The summed E-state index contributed by atoms with van der Waals surface area (Å²) in [7, 11) is 1.99. The van der Waals surface area contributed by atoms with Gasteiger partial charge >= 0.3 is 12.4 Å². The van der Waals surface area contributed by atoms with Gasteiger partial charge in [0.05, 0.1) is 37.6 Å². The number of anilines is 1. The minimum atomic E-state index is -4.52. The lowest BCUT2D eigenvalue weighted by molar-refractivity contribution is -0.138. The molecule has 4 saturated carbocycles. The number of rotatable bonds is 39. The largest absolute Gasteiger partial charge is 0.416 e. The molecule has 4 aliphatic heterocycles. The molecule has 12 atom stereocenters. The Morgan fingerprint density at radius 3 is 1.08 bits per heavy atom. The first-order valence-electron chi connectivity index (χ1n) is 51.7. The average Bonchev–Trinajstić information content (AvgIpc) is 1.59. The molecule has 4 heterocycles. The summed E-state index contributed by atoms with van der Waals surface area (Å²) in [5, 5.41) is 11.2. The van der Waals surface area contributed by atoms with Gasteiger partial charge in [0.15, 0.2) is 0 Å². The van der Waals surface area contributed by atoms with Crippen molar-refractivity contribution in [1.29, 1.82) is 0 Å². The van der Waals surface area contributed by atoms with Gasteiger partial charge in [-0.1, -0.05) is 106 Å². The van der Waals surface area contributed by atoms with E-state index >= 15 is 0 Å². The van der Waals surface area contributed by atoms with Crippen LogP contribution in [0.2, 0.25) is 0 Å². The van der Waals surface area contributed by atoms with E-state index < -0.39 is 77.0 Å². The van der Waals surface area contributed by atoms with Crippen LogP contribution in [-0.4, -0.2) is 195 Å². The molecule has 0 aromatic heterocycles. The lowest BCUT2D eigenvalue weighted by atomic mass is 9.93. The number of para-hydroxylation sites is 1. The zero-order valence-corrected chi connectivity index (χ0v) is 83.8. The monoisotopic (exact) mass is 2070 g/mol. The highest BCUT2D eigenvalue weighted by atomic mass is 19.4. The summed E-state index contributed by atoms with van der Waals surface area (Å²) >= 11 is 0. The van der Waals surface area contributed by atoms with Gasteiger partial charge < -0.3 is 55.2 Å². The van der Waals surface area contributed by atoms with Crippen molar-refractivity contribution >= 4 is 64.5 Å². The third-order valence-corrected chi connectivity index (χ3v) is 29.6. The number of hydrogen-bond donors (Lipinski definition) is 4. The Kier molecular flexibility index (Phi) is 39.4. The van der Waals surface area contributed by atoms with Crippen molar-refractivity contribution in [2.45, 2.75) is 215 Å². The molecule has 794 valence electrons. The lowest BCUT2D eigenvalue weighted by Gasteiger charge is -2.34. The molecular formula is C116H129F12N9O12. The van der Waals surface area contributed by atoms with Crippen LogP contribution in [-0.2, 0) is 57.0 Å². The van der Waals surface area contributed by atoms with Gasteiger partial charge in [-0.3, -0.25) is 47.9 Å². The third kappa shape index (κ3) is 33.1. The molecule has 4 N–H and O–H groups in total. The predicted octanol–water partition coefficient (Wildman–Crippen LogP) is 20.9. The van der Waals surface area contributed by atoms with E-state index in [0.29, 0.717) is 153 Å². The predicted molar refractivity (Wildman–Crippen MR) is 539 cm³/mol. The molecule has 21 nitrogen and oxygen atoms in total. The SMILES string of the molecule is CC1(CCCC[C@H](NC(=O)c2ccc(F)cc2)C(=O)N2CCCc3ccccc32)C[C@H]1c1ccc(F)cc1.CN1CCN(C(=O)[C@H](CCCCCC2C[C@H]2c2ccc(F)cc2)NC(=O)c2ccc(C(F)(F)F)cc2)CC1.O=C(CCC[C@H](NC(=O)c1ccc(C(F)(F)F)cc1)C(=O)N1CCOCC1)CC1C[C@H]1c1ccc(F)cc1.O=C(CCC[C@H](NC(=O)c1ccc(F)cc1)C(=O)N1CCOCC1)CC1C[C@H]1c1ccc(F)cc1. The van der Waals surface area contributed by atoms with E-state index in [1.54, 1.807) is 43.9 Å². The van der Waals surface area contributed by atoms with Gasteiger partial charge in [-0.15, -0.1) is 0 Å². The van der Waals surface area contributed by atoms with Crippen LogP contribution in [0.4, 0.5) is 58.4 Å². The van der Waals surface area contributed by atoms with E-state index in [9.17, 15) is 101 Å². The van der Waals surface area contributed by atoms with Crippen LogP contribution in [0.15, 0.2) is 218 Å². The van der Waals surface area contributed by atoms with E-state index in [-0.39, 0.29) is 117 Å². The number of nitrogens with zero attached hydrogens (tertiary/aromatic N) is 5. The number of halogens is 12. The number of amides is 8. The maximum Gasteiger partial charge on any atom is 0.416 e. The highest BCUT2D eigenvalue weighted by Crippen LogP contribution is 2.62. The van der Waals surface area contributed by atoms with Crippen LogP contribution in [0, 0.1) is 58.1 Å². The molecule has 8 aliphatic rings. The molecule has 0 radical (unpaired) electrons. The second-order valence-corrected chi connectivity index (χ2v) is 40.6. The first-order valence-corrected chi connectivity index (χ1v) is 51.7. The summed E-state index contributed by atoms with van der Waals surface area (Å²) in [5.41, 5.74) is 5.68. The second kappa shape index (κ2) is 52.5. The fourth-order valence-electron chi connectivity index (χ4n) is 20.4. The number of piperazine rings is 1. The topological polar surface area (TPSA) is 253 Å². The molecule has 7 fully saturated rings. The Morgan fingerprint density at radius 2 is 0.691 bits per heavy atom. The van der Waals surface area contributed by atoms with Crippen molar-refractivity contribution in [1.82, 2.24) is 40.9 Å². The van der Waals surface area contributed by atoms with E-state index in [1.807, 2.05) is 49.5 Å². The molecule has 4 unspecified atom stereocenters. The van der Waals surface area contributed by atoms with Gasteiger partial charge in [0.1, 0.15) is 70.6 Å². The molecule has 149 heavy (non-hydrogen) atoms. The summed E-state index contributed by atoms with van der Waals surface area (Å²) in [6.07, 6.45) is 7.11. The first-order chi connectivity index (χ1) is 71.5. The van der Waals surface area contributed by atoms with Crippen molar-refractivity contribution in [2.24, 2.45) is 23.2 Å². The number of likely N-dealkylation sites (N-methyl/N-ethyl adjacent to an activating group) is 1. The van der Waals surface area contributed by atoms with Crippen molar-refractivity contribution in [3.63, 3.8) is 0 Å². The third-order valence-electron chi connectivity index (χ3n) is 29.6. The Hall–Kier alpha value is -12.9. The van der Waals surface area contributed by atoms with Gasteiger partial charge in [0, 0.05) is 113 Å². The number of carbonyl (C=O) groups excluding carboxylic acids is 10. The Morgan fingerprint density at radius 1 is 0.362 bits per heavy atom. The number of aryl methyl sites for hydroxylation is 1. The molecule has 3 saturated heterocycles. The number of hydrogen-bond acceptors (Lipinski definition) is 13. The summed E-state index contributed by atoms with van der Waals surface area (Å²) in [4.78, 5) is 139. The smallest absolute Gasteiger partial charge is 0.378 e. The summed E-state index contributed by atoms with van der Waals surface area (Å²) in [6.45, 7) is 8.83. The quantitative estimate of drug-likeness (QED) is 0.0207. The number of carbonyl (C=O) groups is 10. The summed E-state index contributed by atoms with van der Waals surface area (Å²) in [6, 6.07) is 49.5. The van der Waals surface area contributed by atoms with Gasteiger partial charge in [-0.05, 0) is 323 Å². The van der Waals surface area contributed by atoms with Crippen LogP contribution in [0.1, 0.15) is 252 Å². The number of unbranched alkanes of at least 4 members (excludes halogenated alkanes) is 3. The maximum absolute atomic E-state index is 13.8. The fourth-order valence-corrected chi connectivity index (χ4v) is 20.4. The molecular weight excluding hydrogens is 1940 g/mol. The number of fused-ring (bicyclic) bond motifs is 1. The minimum Gasteiger partial charge on any atom is -0.378 e. The minimum absolute atomic E-state index is 0.00872. The van der Waals surface area contributed by atoms with Gasteiger partial charge in [-0.2, -0.15) is 26.3 Å². The molecule has 8 amide bonds. The van der Waals surface area contributed by atoms with Crippen LogP contribution < -0.4 is 26.2 Å². The molecule has 0 spiro atoms. The zero-order valence-electron chi connectivity index (χ0n) is 83.8. The van der Waals surface area contributed by atoms with E-state index in [0.717, 1.165) is 167 Å². The van der Waals surface area contributed by atoms with Crippen LogP contribution in [0.3, 0.4) is 0 Å². The number of ketones is 2. The van der Waals surface area contributed by atoms with Crippen LogP contribution in [0.25, 0.3) is 0 Å². The van der Waals surface area contributed by atoms with Gasteiger partial charge in [-0.25, -0.2) is 26.3 Å². The highest BCUT2D eigenvalue weighted by Gasteiger charge is 2.50. The highest BCUT2D eigenvalue weighted by molar-refractivity contribution is 6.03. The number of alkyl halides is 6. The van der Waals surface area contributed by atoms with E-state index in [4.69, 9.17) is 9.47 Å². The molecule has 4 aliphatic carbocycles. The molecule has 0 bridgehead atoms. The van der Waals surface area contributed by atoms with Crippen molar-refractivity contribution < 1.29 is 110 Å². The number of Topliss-reactive ketones (excluding diaryl/α,β-unsaturated/α-hetero) is 2. The van der Waals surface area contributed by atoms with Gasteiger partial charge in [0.25, 0.3) is 23.6 Å². The molecule has 9 aromatic carbocycles.